The smallest absolute Gasteiger partial charge is 0.273 e. The highest BCUT2D eigenvalue weighted by Gasteiger charge is 2.36. The summed E-state index contributed by atoms with van der Waals surface area (Å²) in [6.45, 7) is 5.04. The second kappa shape index (κ2) is 4.66. The van der Waals surface area contributed by atoms with Gasteiger partial charge in [0.15, 0.2) is 0 Å². The average Bonchev–Trinajstić information content (AvgIpc) is 3.10. The standard InChI is InChI=1S/C13H18N2O2S2/c1-13(2)8-15(5-6-19(13)17)12(16)10-7-18-11(14-10)9-3-4-9/h7,9H,3-6,8H2,1-2H3/t19-/m1/s1. The third-order valence-electron chi connectivity index (χ3n) is 3.69. The molecule has 0 aromatic carbocycles. The Morgan fingerprint density at radius 1 is 1.53 bits per heavy atom. The van der Waals surface area contributed by atoms with E-state index in [2.05, 4.69) is 4.98 Å². The van der Waals surface area contributed by atoms with Crippen LogP contribution in [0.2, 0.25) is 0 Å². The van der Waals surface area contributed by atoms with Gasteiger partial charge in [0.1, 0.15) is 5.69 Å². The van der Waals surface area contributed by atoms with E-state index >= 15 is 0 Å². The van der Waals surface area contributed by atoms with Crippen LogP contribution in [0, 0.1) is 0 Å². The van der Waals surface area contributed by atoms with Crippen LogP contribution in [-0.4, -0.2) is 43.6 Å². The molecule has 1 aromatic rings. The Hall–Kier alpha value is -0.750. The van der Waals surface area contributed by atoms with Gasteiger partial charge >= 0.3 is 0 Å². The van der Waals surface area contributed by atoms with Crippen LogP contribution in [0.5, 0.6) is 0 Å². The van der Waals surface area contributed by atoms with Gasteiger partial charge in [0, 0.05) is 40.9 Å². The number of amides is 1. The monoisotopic (exact) mass is 298 g/mol. The Morgan fingerprint density at radius 3 is 2.89 bits per heavy atom. The van der Waals surface area contributed by atoms with Crippen molar-refractivity contribution in [1.82, 2.24) is 9.88 Å². The van der Waals surface area contributed by atoms with Gasteiger partial charge in [0.2, 0.25) is 0 Å². The van der Waals surface area contributed by atoms with Gasteiger partial charge in [-0.25, -0.2) is 4.98 Å². The molecule has 0 unspecified atom stereocenters. The van der Waals surface area contributed by atoms with Crippen LogP contribution in [0.25, 0.3) is 0 Å². The number of rotatable bonds is 2. The fourth-order valence-electron chi connectivity index (χ4n) is 2.32. The number of aromatic nitrogens is 1. The van der Waals surface area contributed by atoms with Crippen molar-refractivity contribution in [2.24, 2.45) is 0 Å². The van der Waals surface area contributed by atoms with Gasteiger partial charge < -0.3 is 4.90 Å². The molecular formula is C13H18N2O2S2. The zero-order chi connectivity index (χ0) is 13.6. The van der Waals surface area contributed by atoms with Crippen molar-refractivity contribution in [3.8, 4) is 0 Å². The van der Waals surface area contributed by atoms with Crippen LogP contribution in [-0.2, 0) is 10.8 Å². The Balaban J connectivity index is 1.74. The summed E-state index contributed by atoms with van der Waals surface area (Å²) in [5, 5.41) is 2.97. The Labute approximate surface area is 119 Å². The molecule has 1 atom stereocenters. The number of carbonyl (C=O) groups is 1. The van der Waals surface area contributed by atoms with Crippen LogP contribution < -0.4 is 0 Å². The van der Waals surface area contributed by atoms with E-state index in [-0.39, 0.29) is 10.7 Å². The second-order valence-electron chi connectivity index (χ2n) is 5.88. The first-order valence-electron chi connectivity index (χ1n) is 6.60. The molecule has 0 N–H and O–H groups in total. The predicted molar refractivity (Wildman–Crippen MR) is 77.1 cm³/mol. The summed E-state index contributed by atoms with van der Waals surface area (Å²) in [6, 6.07) is 0. The fourth-order valence-corrected chi connectivity index (χ4v) is 4.52. The minimum Gasteiger partial charge on any atom is -0.335 e. The van der Waals surface area contributed by atoms with Crippen LogP contribution in [0.4, 0.5) is 0 Å². The molecule has 2 aliphatic rings. The lowest BCUT2D eigenvalue weighted by atomic mass is 10.2. The summed E-state index contributed by atoms with van der Waals surface area (Å²) in [6.07, 6.45) is 2.41. The van der Waals surface area contributed by atoms with Gasteiger partial charge in [-0.2, -0.15) is 0 Å². The highest BCUT2D eigenvalue weighted by atomic mass is 32.2. The SMILES string of the molecule is CC1(C)CN(C(=O)c2csc(C3CC3)n2)CC[S@]1=O. The van der Waals surface area contributed by atoms with Crippen molar-refractivity contribution < 1.29 is 9.00 Å². The second-order valence-corrected chi connectivity index (χ2v) is 8.98. The third-order valence-corrected chi connectivity index (χ3v) is 6.61. The number of thiazole rings is 1. The molecule has 1 aliphatic carbocycles. The number of carbonyl (C=O) groups excluding carboxylic acids is 1. The molecule has 3 rings (SSSR count). The lowest BCUT2D eigenvalue weighted by molar-refractivity contribution is 0.0740. The molecule has 1 saturated carbocycles. The lowest BCUT2D eigenvalue weighted by Gasteiger charge is -2.36. The highest BCUT2D eigenvalue weighted by Crippen LogP contribution is 2.41. The number of hydrogen-bond donors (Lipinski definition) is 0. The first-order chi connectivity index (χ1) is 8.97. The molecule has 1 amide bonds. The van der Waals surface area contributed by atoms with Gasteiger partial charge in [-0.1, -0.05) is 0 Å². The zero-order valence-corrected chi connectivity index (χ0v) is 12.9. The molecule has 1 aliphatic heterocycles. The normalized spacial score (nSPS) is 26.4. The molecule has 0 radical (unpaired) electrons. The van der Waals surface area contributed by atoms with Crippen molar-refractivity contribution >= 4 is 28.0 Å². The summed E-state index contributed by atoms with van der Waals surface area (Å²) in [5.74, 6) is 1.16. The lowest BCUT2D eigenvalue weighted by Crippen LogP contribution is -2.52. The van der Waals surface area contributed by atoms with E-state index in [0.717, 1.165) is 5.01 Å². The quantitative estimate of drug-likeness (QED) is 0.839. The van der Waals surface area contributed by atoms with Crippen LogP contribution in [0.15, 0.2) is 5.38 Å². The van der Waals surface area contributed by atoms with Crippen LogP contribution in [0.3, 0.4) is 0 Å². The van der Waals surface area contributed by atoms with Crippen LogP contribution in [0.1, 0.15) is 48.1 Å². The van der Waals surface area contributed by atoms with E-state index in [1.165, 1.54) is 12.8 Å². The third kappa shape index (κ3) is 2.60. The molecule has 0 bridgehead atoms. The molecule has 0 spiro atoms. The molecule has 4 nitrogen and oxygen atoms in total. The van der Waals surface area contributed by atoms with Crippen molar-refractivity contribution in [2.75, 3.05) is 18.8 Å². The Kier molecular flexibility index (Phi) is 3.25. The first-order valence-corrected chi connectivity index (χ1v) is 8.80. The topological polar surface area (TPSA) is 50.3 Å². The summed E-state index contributed by atoms with van der Waals surface area (Å²) >= 11 is 1.59. The van der Waals surface area contributed by atoms with E-state index < -0.39 is 10.8 Å². The summed E-state index contributed by atoms with van der Waals surface area (Å²) in [5.41, 5.74) is 0.565. The largest absolute Gasteiger partial charge is 0.335 e. The average molecular weight is 298 g/mol. The van der Waals surface area contributed by atoms with Gasteiger partial charge in [-0.3, -0.25) is 9.00 Å². The molecule has 1 aromatic heterocycles. The summed E-state index contributed by atoms with van der Waals surface area (Å²) < 4.78 is 11.6. The molecular weight excluding hydrogens is 280 g/mol. The van der Waals surface area contributed by atoms with Gasteiger partial charge in [-0.05, 0) is 26.7 Å². The Bertz CT molecular complexity index is 535. The van der Waals surface area contributed by atoms with Crippen molar-refractivity contribution in [3.05, 3.63) is 16.1 Å². The number of hydrogen-bond acceptors (Lipinski definition) is 4. The zero-order valence-electron chi connectivity index (χ0n) is 11.2. The maximum absolute atomic E-state index is 12.4. The van der Waals surface area contributed by atoms with E-state index in [1.54, 1.807) is 16.2 Å². The van der Waals surface area contributed by atoms with Gasteiger partial charge in [0.25, 0.3) is 5.91 Å². The van der Waals surface area contributed by atoms with Crippen molar-refractivity contribution in [2.45, 2.75) is 37.4 Å². The maximum atomic E-state index is 12.4. The molecule has 1 saturated heterocycles. The van der Waals surface area contributed by atoms with E-state index in [4.69, 9.17) is 0 Å². The highest BCUT2D eigenvalue weighted by molar-refractivity contribution is 7.86. The van der Waals surface area contributed by atoms with Crippen LogP contribution >= 0.6 is 11.3 Å². The van der Waals surface area contributed by atoms with E-state index in [1.807, 2.05) is 19.2 Å². The Morgan fingerprint density at radius 2 is 2.26 bits per heavy atom. The molecule has 104 valence electrons. The maximum Gasteiger partial charge on any atom is 0.273 e. The predicted octanol–water partition coefficient (Wildman–Crippen LogP) is 2.00. The van der Waals surface area contributed by atoms with E-state index in [9.17, 15) is 9.00 Å². The van der Waals surface area contributed by atoms with Crippen molar-refractivity contribution in [3.63, 3.8) is 0 Å². The number of nitrogens with zero attached hydrogens (tertiary/aromatic N) is 2. The molecule has 2 heterocycles. The molecule has 19 heavy (non-hydrogen) atoms. The molecule has 2 fully saturated rings. The van der Waals surface area contributed by atoms with Gasteiger partial charge in [0.05, 0.1) is 9.75 Å². The van der Waals surface area contributed by atoms with Crippen molar-refractivity contribution in [1.29, 1.82) is 0 Å². The summed E-state index contributed by atoms with van der Waals surface area (Å²) in [7, 11) is -0.848. The molecule has 6 heteroatoms. The van der Waals surface area contributed by atoms with Gasteiger partial charge in [-0.15, -0.1) is 11.3 Å². The first kappa shape index (κ1) is 13.2. The minimum absolute atomic E-state index is 0.00655. The summed E-state index contributed by atoms with van der Waals surface area (Å²) in [4.78, 5) is 18.7. The minimum atomic E-state index is -0.848. The fraction of sp³-hybridized carbons (Fsp3) is 0.692. The van der Waals surface area contributed by atoms with E-state index in [0.29, 0.717) is 30.5 Å².